The standard InChI is InChI=1S/C13H16FN3O2/c1-15-8-11(18)17-6-5-16-13(19)12(17)9-3-2-4-10(14)7-9/h2-4,7,12,15H,5-6,8H2,1H3,(H,16,19)/t12-/m1/s1. The highest BCUT2D eigenvalue weighted by Gasteiger charge is 2.33. The number of amides is 2. The Hall–Kier alpha value is -1.95. The molecule has 1 fully saturated rings. The summed E-state index contributed by atoms with van der Waals surface area (Å²) >= 11 is 0. The number of hydrogen-bond donors (Lipinski definition) is 2. The number of carbonyl (C=O) groups is 2. The minimum Gasteiger partial charge on any atom is -0.352 e. The number of nitrogens with zero attached hydrogens (tertiary/aromatic N) is 1. The molecule has 2 amide bonds. The van der Waals surface area contributed by atoms with Crippen LogP contribution in [0.5, 0.6) is 0 Å². The average molecular weight is 265 g/mol. The molecule has 0 unspecified atom stereocenters. The second kappa shape index (κ2) is 5.79. The van der Waals surface area contributed by atoms with Crippen molar-refractivity contribution in [2.45, 2.75) is 6.04 Å². The van der Waals surface area contributed by atoms with Gasteiger partial charge in [-0.2, -0.15) is 0 Å². The van der Waals surface area contributed by atoms with Gasteiger partial charge in [-0.05, 0) is 24.7 Å². The van der Waals surface area contributed by atoms with Gasteiger partial charge < -0.3 is 15.5 Å². The van der Waals surface area contributed by atoms with E-state index in [1.807, 2.05) is 0 Å². The molecule has 2 N–H and O–H groups in total. The van der Waals surface area contributed by atoms with Crippen molar-refractivity contribution < 1.29 is 14.0 Å². The zero-order valence-corrected chi connectivity index (χ0v) is 10.6. The number of benzene rings is 1. The molecular formula is C13H16FN3O2. The van der Waals surface area contributed by atoms with Gasteiger partial charge in [-0.1, -0.05) is 12.1 Å². The van der Waals surface area contributed by atoms with Gasteiger partial charge in [0.15, 0.2) is 0 Å². The molecule has 0 saturated carbocycles. The smallest absolute Gasteiger partial charge is 0.247 e. The van der Waals surface area contributed by atoms with Gasteiger partial charge in [0, 0.05) is 13.1 Å². The number of hydrogen-bond acceptors (Lipinski definition) is 3. The highest BCUT2D eigenvalue weighted by molar-refractivity contribution is 5.90. The Morgan fingerprint density at radius 1 is 1.58 bits per heavy atom. The molecule has 1 aromatic carbocycles. The van der Waals surface area contributed by atoms with Crippen LogP contribution in [0.25, 0.3) is 0 Å². The summed E-state index contributed by atoms with van der Waals surface area (Å²) in [7, 11) is 1.67. The van der Waals surface area contributed by atoms with Crippen molar-refractivity contribution in [3.8, 4) is 0 Å². The van der Waals surface area contributed by atoms with Crippen LogP contribution in [0.4, 0.5) is 4.39 Å². The fraction of sp³-hybridized carbons (Fsp3) is 0.385. The summed E-state index contributed by atoms with van der Waals surface area (Å²) in [5.41, 5.74) is 0.488. The summed E-state index contributed by atoms with van der Waals surface area (Å²) in [4.78, 5) is 25.5. The van der Waals surface area contributed by atoms with Gasteiger partial charge in [-0.15, -0.1) is 0 Å². The Morgan fingerprint density at radius 2 is 2.37 bits per heavy atom. The van der Waals surface area contributed by atoms with E-state index in [1.54, 1.807) is 13.1 Å². The highest BCUT2D eigenvalue weighted by atomic mass is 19.1. The maximum Gasteiger partial charge on any atom is 0.247 e. The Kier molecular flexibility index (Phi) is 4.11. The van der Waals surface area contributed by atoms with Gasteiger partial charge in [0.2, 0.25) is 11.8 Å². The minimum absolute atomic E-state index is 0.152. The number of nitrogens with one attached hydrogen (secondary N) is 2. The average Bonchev–Trinajstić information content (AvgIpc) is 2.38. The third-order valence-electron chi connectivity index (χ3n) is 3.02. The van der Waals surface area contributed by atoms with Gasteiger partial charge in [-0.3, -0.25) is 9.59 Å². The summed E-state index contributed by atoms with van der Waals surface area (Å²) in [5, 5.41) is 5.47. The fourth-order valence-corrected chi connectivity index (χ4v) is 2.20. The molecule has 1 saturated heterocycles. The molecule has 1 aliphatic heterocycles. The molecule has 0 spiro atoms. The zero-order chi connectivity index (χ0) is 13.8. The van der Waals surface area contributed by atoms with Crippen LogP contribution in [0.2, 0.25) is 0 Å². The lowest BCUT2D eigenvalue weighted by Crippen LogP contribution is -2.53. The third-order valence-corrected chi connectivity index (χ3v) is 3.02. The minimum atomic E-state index is -0.759. The highest BCUT2D eigenvalue weighted by Crippen LogP contribution is 2.23. The van der Waals surface area contributed by atoms with E-state index < -0.39 is 11.9 Å². The van der Waals surface area contributed by atoms with Crippen molar-refractivity contribution in [3.05, 3.63) is 35.6 Å². The monoisotopic (exact) mass is 265 g/mol. The molecule has 19 heavy (non-hydrogen) atoms. The van der Waals surface area contributed by atoms with Crippen LogP contribution < -0.4 is 10.6 Å². The molecule has 1 heterocycles. The van der Waals surface area contributed by atoms with Gasteiger partial charge >= 0.3 is 0 Å². The van der Waals surface area contributed by atoms with Gasteiger partial charge in [0.05, 0.1) is 6.54 Å². The van der Waals surface area contributed by atoms with Crippen molar-refractivity contribution in [1.82, 2.24) is 15.5 Å². The summed E-state index contributed by atoms with van der Waals surface area (Å²) < 4.78 is 13.3. The maximum absolute atomic E-state index is 13.3. The zero-order valence-electron chi connectivity index (χ0n) is 10.6. The van der Waals surface area contributed by atoms with Crippen molar-refractivity contribution in [3.63, 3.8) is 0 Å². The Balaban J connectivity index is 2.31. The molecule has 1 aromatic rings. The number of piperazine rings is 1. The van der Waals surface area contributed by atoms with E-state index in [-0.39, 0.29) is 18.4 Å². The topological polar surface area (TPSA) is 61.4 Å². The van der Waals surface area contributed by atoms with Crippen LogP contribution in [0.15, 0.2) is 24.3 Å². The number of carbonyl (C=O) groups excluding carboxylic acids is 2. The molecule has 6 heteroatoms. The van der Waals surface area contributed by atoms with E-state index in [0.717, 1.165) is 0 Å². The van der Waals surface area contributed by atoms with Gasteiger partial charge in [-0.25, -0.2) is 4.39 Å². The molecular weight excluding hydrogens is 249 g/mol. The SMILES string of the molecule is CNCC(=O)N1CCNC(=O)[C@H]1c1cccc(F)c1. The normalized spacial score (nSPS) is 19.2. The van der Waals surface area contributed by atoms with E-state index in [0.29, 0.717) is 18.7 Å². The number of likely N-dealkylation sites (N-methyl/N-ethyl adjacent to an activating group) is 1. The van der Waals surface area contributed by atoms with Crippen LogP contribution in [-0.2, 0) is 9.59 Å². The molecule has 0 bridgehead atoms. The predicted molar refractivity (Wildman–Crippen MR) is 67.8 cm³/mol. The Labute approximate surface area is 110 Å². The first-order valence-electron chi connectivity index (χ1n) is 6.10. The van der Waals surface area contributed by atoms with Gasteiger partial charge in [0.1, 0.15) is 11.9 Å². The van der Waals surface area contributed by atoms with Gasteiger partial charge in [0.25, 0.3) is 0 Å². The first-order chi connectivity index (χ1) is 9.13. The molecule has 0 aliphatic carbocycles. The third kappa shape index (κ3) is 2.90. The molecule has 0 radical (unpaired) electrons. The first kappa shape index (κ1) is 13.5. The van der Waals surface area contributed by atoms with Crippen LogP contribution in [0.1, 0.15) is 11.6 Å². The maximum atomic E-state index is 13.3. The van der Waals surface area contributed by atoms with Crippen molar-refractivity contribution in [2.75, 3.05) is 26.7 Å². The van der Waals surface area contributed by atoms with E-state index in [2.05, 4.69) is 10.6 Å². The van der Waals surface area contributed by atoms with Crippen LogP contribution in [0, 0.1) is 5.82 Å². The summed E-state index contributed by atoms with van der Waals surface area (Å²) in [5.74, 6) is -0.871. The summed E-state index contributed by atoms with van der Waals surface area (Å²) in [6, 6.07) is 5.02. The molecule has 1 atom stereocenters. The lowest BCUT2D eigenvalue weighted by atomic mass is 10.0. The largest absolute Gasteiger partial charge is 0.352 e. The lowest BCUT2D eigenvalue weighted by Gasteiger charge is -2.35. The Bertz CT molecular complexity index is 493. The second-order valence-corrected chi connectivity index (χ2v) is 4.37. The first-order valence-corrected chi connectivity index (χ1v) is 6.10. The quantitative estimate of drug-likeness (QED) is 0.811. The van der Waals surface area contributed by atoms with Crippen molar-refractivity contribution >= 4 is 11.8 Å². The second-order valence-electron chi connectivity index (χ2n) is 4.37. The number of halogens is 1. The Morgan fingerprint density at radius 3 is 3.05 bits per heavy atom. The van der Waals surface area contributed by atoms with Crippen molar-refractivity contribution in [1.29, 1.82) is 0 Å². The lowest BCUT2D eigenvalue weighted by molar-refractivity contribution is -0.142. The summed E-state index contributed by atoms with van der Waals surface area (Å²) in [6.45, 7) is 0.993. The van der Waals surface area contributed by atoms with E-state index in [4.69, 9.17) is 0 Å². The van der Waals surface area contributed by atoms with Crippen molar-refractivity contribution in [2.24, 2.45) is 0 Å². The van der Waals surface area contributed by atoms with Crippen LogP contribution in [-0.4, -0.2) is 43.4 Å². The summed E-state index contributed by atoms with van der Waals surface area (Å²) in [6.07, 6.45) is 0. The van der Waals surface area contributed by atoms with E-state index in [9.17, 15) is 14.0 Å². The van der Waals surface area contributed by atoms with E-state index in [1.165, 1.54) is 23.1 Å². The number of rotatable bonds is 3. The van der Waals surface area contributed by atoms with Crippen LogP contribution in [0.3, 0.4) is 0 Å². The molecule has 102 valence electrons. The predicted octanol–water partition coefficient (Wildman–Crippen LogP) is 0.0446. The van der Waals surface area contributed by atoms with E-state index >= 15 is 0 Å². The molecule has 5 nitrogen and oxygen atoms in total. The fourth-order valence-electron chi connectivity index (χ4n) is 2.20. The molecule has 0 aromatic heterocycles. The molecule has 2 rings (SSSR count). The van der Waals surface area contributed by atoms with Crippen LogP contribution >= 0.6 is 0 Å². The molecule has 1 aliphatic rings.